The molecule has 0 bridgehead atoms. The van der Waals surface area contributed by atoms with Crippen LogP contribution in [0.2, 0.25) is 0 Å². The Balaban J connectivity index is 1.57. The van der Waals surface area contributed by atoms with E-state index in [1.807, 2.05) is 67.8 Å². The summed E-state index contributed by atoms with van der Waals surface area (Å²) in [5, 5.41) is 25.0. The number of carbonyl (C=O) groups excluding carboxylic acids is 1. The van der Waals surface area contributed by atoms with Crippen LogP contribution in [0.15, 0.2) is 83.9 Å². The van der Waals surface area contributed by atoms with E-state index >= 15 is 0 Å². The second-order valence-electron chi connectivity index (χ2n) is 8.75. The highest BCUT2D eigenvalue weighted by Crippen LogP contribution is 2.37. The van der Waals surface area contributed by atoms with E-state index < -0.39 is 28.4 Å². The predicted octanol–water partition coefficient (Wildman–Crippen LogP) is 4.87. The summed E-state index contributed by atoms with van der Waals surface area (Å²) in [5.41, 5.74) is 3.81. The normalized spacial score (nSPS) is 18.2. The van der Waals surface area contributed by atoms with Crippen molar-refractivity contribution in [2.75, 3.05) is 11.2 Å². The van der Waals surface area contributed by atoms with Gasteiger partial charge in [-0.2, -0.15) is 4.99 Å². The molecule has 10 heteroatoms. The van der Waals surface area contributed by atoms with Crippen LogP contribution in [0.5, 0.6) is 0 Å². The van der Waals surface area contributed by atoms with Crippen molar-refractivity contribution >= 4 is 38.1 Å². The lowest BCUT2D eigenvalue weighted by Gasteiger charge is -2.26. The molecule has 192 valence electrons. The summed E-state index contributed by atoms with van der Waals surface area (Å²) < 4.78 is 0. The Morgan fingerprint density at radius 3 is 2.32 bits per heavy atom. The van der Waals surface area contributed by atoms with Gasteiger partial charge in [0.1, 0.15) is 0 Å². The van der Waals surface area contributed by atoms with Gasteiger partial charge in [0.2, 0.25) is 0 Å². The first-order valence-corrected chi connectivity index (χ1v) is 13.8. The Morgan fingerprint density at radius 1 is 1.00 bits per heavy atom. The zero-order valence-electron chi connectivity index (χ0n) is 20.9. The summed E-state index contributed by atoms with van der Waals surface area (Å²) in [6, 6.07) is 23.3. The molecule has 0 saturated heterocycles. The van der Waals surface area contributed by atoms with E-state index in [-0.39, 0.29) is 0 Å². The van der Waals surface area contributed by atoms with Crippen molar-refractivity contribution in [3.63, 3.8) is 0 Å². The standard InChI is InChI=1S/C28H26N6O3S/c1-3-9-23-24(27(36)37)34(28(38(23)2)29-26(35)19-10-5-4-6-11-19)20-16-14-18(15-17-20)21-12-7-8-13-22(21)25-30-32-33-31-25/h4-8,10-17,24H,3,9H2,1-2H3,(H,36,37)(H,30,31,32,33). The number of H-pyrrole nitrogens is 1. The summed E-state index contributed by atoms with van der Waals surface area (Å²) in [6.07, 6.45) is 3.40. The number of carboxylic acids is 1. The van der Waals surface area contributed by atoms with E-state index in [1.54, 1.807) is 29.2 Å². The number of hydrogen-bond acceptors (Lipinski definition) is 5. The van der Waals surface area contributed by atoms with Crippen molar-refractivity contribution in [1.29, 1.82) is 0 Å². The molecule has 0 radical (unpaired) electrons. The molecule has 4 aromatic rings. The Hall–Kier alpha value is -4.44. The molecule has 9 nitrogen and oxygen atoms in total. The van der Waals surface area contributed by atoms with Crippen molar-refractivity contribution in [1.82, 2.24) is 20.6 Å². The molecule has 0 spiro atoms. The number of aliphatic carboxylic acids is 1. The van der Waals surface area contributed by atoms with E-state index in [0.717, 1.165) is 28.0 Å². The maximum atomic E-state index is 13.1. The number of rotatable bonds is 7. The van der Waals surface area contributed by atoms with Crippen molar-refractivity contribution in [3.8, 4) is 22.5 Å². The maximum Gasteiger partial charge on any atom is 0.331 e. The molecular weight excluding hydrogens is 500 g/mol. The SMILES string of the molecule is CCCC1=S(C)C(=NC(=O)c2ccccc2)N(c2ccc(-c3ccccc3-c3nnn[nH]3)cc2)C1C(=O)O. The zero-order chi connectivity index (χ0) is 26.6. The first kappa shape index (κ1) is 25.2. The van der Waals surface area contributed by atoms with Crippen molar-refractivity contribution in [3.05, 3.63) is 84.4 Å². The summed E-state index contributed by atoms with van der Waals surface area (Å²) in [4.78, 5) is 32.7. The number of carboxylic acid groups (broad SMARTS) is 1. The Kier molecular flexibility index (Phi) is 7.23. The lowest BCUT2D eigenvalue weighted by atomic mass is 9.98. The number of aromatic amines is 1. The van der Waals surface area contributed by atoms with Crippen molar-refractivity contribution < 1.29 is 14.7 Å². The fourth-order valence-electron chi connectivity index (χ4n) is 4.60. The van der Waals surface area contributed by atoms with Crippen LogP contribution in [-0.2, 0) is 4.79 Å². The van der Waals surface area contributed by atoms with Gasteiger partial charge in [-0.05, 0) is 63.4 Å². The molecule has 0 aliphatic carbocycles. The number of amidine groups is 1. The largest absolute Gasteiger partial charge is 0.479 e. The van der Waals surface area contributed by atoms with Gasteiger partial charge in [0, 0.05) is 16.8 Å². The average molecular weight is 527 g/mol. The van der Waals surface area contributed by atoms with Crippen LogP contribution >= 0.6 is 10.5 Å². The fourth-order valence-corrected chi connectivity index (χ4v) is 6.61. The molecule has 2 N–H and O–H groups in total. The number of carbonyl (C=O) groups is 2. The van der Waals surface area contributed by atoms with Gasteiger partial charge >= 0.3 is 5.97 Å². The van der Waals surface area contributed by atoms with Crippen LogP contribution in [0.1, 0.15) is 30.1 Å². The van der Waals surface area contributed by atoms with E-state index in [9.17, 15) is 14.7 Å². The topological polar surface area (TPSA) is 124 Å². The lowest BCUT2D eigenvalue weighted by Crippen LogP contribution is -2.44. The minimum atomic E-state index is -0.961. The molecule has 1 amide bonds. The lowest BCUT2D eigenvalue weighted by molar-refractivity contribution is -0.136. The molecule has 2 unspecified atom stereocenters. The minimum Gasteiger partial charge on any atom is -0.479 e. The molecule has 38 heavy (non-hydrogen) atoms. The minimum absolute atomic E-state index is 0.391. The van der Waals surface area contributed by atoms with E-state index in [1.165, 1.54) is 0 Å². The van der Waals surface area contributed by atoms with Gasteiger partial charge in [0.15, 0.2) is 17.0 Å². The quantitative estimate of drug-likeness (QED) is 0.329. The highest BCUT2D eigenvalue weighted by molar-refractivity contribution is 8.29. The third kappa shape index (κ3) is 4.78. The summed E-state index contributed by atoms with van der Waals surface area (Å²) in [7, 11) is -0.625. The number of anilines is 1. The Labute approximate surface area is 222 Å². The van der Waals surface area contributed by atoms with E-state index in [4.69, 9.17) is 0 Å². The number of nitrogens with one attached hydrogen (secondary N) is 1. The van der Waals surface area contributed by atoms with Crippen LogP contribution in [0.25, 0.3) is 22.5 Å². The molecule has 1 aromatic heterocycles. The fraction of sp³-hybridized carbons (Fsp3) is 0.179. The second-order valence-corrected chi connectivity index (χ2v) is 10.7. The highest BCUT2D eigenvalue weighted by Gasteiger charge is 2.41. The number of aliphatic imine (C=N–C) groups is 1. The number of hydrogen-bond donors (Lipinski definition) is 2. The third-order valence-electron chi connectivity index (χ3n) is 6.37. The number of nitrogens with zero attached hydrogens (tertiary/aromatic N) is 5. The molecule has 1 aliphatic rings. The smallest absolute Gasteiger partial charge is 0.331 e. The molecule has 1 aliphatic heterocycles. The van der Waals surface area contributed by atoms with Gasteiger partial charge in [-0.15, -0.1) is 15.6 Å². The van der Waals surface area contributed by atoms with Gasteiger partial charge in [-0.1, -0.05) is 67.9 Å². The average Bonchev–Trinajstić information content (AvgIpc) is 3.57. The van der Waals surface area contributed by atoms with Gasteiger partial charge in [0.25, 0.3) is 5.91 Å². The molecule has 2 atom stereocenters. The molecule has 0 saturated carbocycles. The molecular formula is C28H26N6O3S. The van der Waals surface area contributed by atoms with E-state index in [0.29, 0.717) is 28.7 Å². The monoisotopic (exact) mass is 526 g/mol. The van der Waals surface area contributed by atoms with Crippen LogP contribution < -0.4 is 4.90 Å². The van der Waals surface area contributed by atoms with Gasteiger partial charge in [0.05, 0.1) is 0 Å². The predicted molar refractivity (Wildman–Crippen MR) is 151 cm³/mol. The van der Waals surface area contributed by atoms with Crippen molar-refractivity contribution in [2.24, 2.45) is 4.99 Å². The molecule has 2 heterocycles. The van der Waals surface area contributed by atoms with E-state index in [2.05, 4.69) is 25.6 Å². The van der Waals surface area contributed by atoms with Gasteiger partial charge in [-0.3, -0.25) is 4.79 Å². The number of aromatic nitrogens is 4. The Morgan fingerprint density at radius 2 is 1.68 bits per heavy atom. The number of amides is 1. The zero-order valence-corrected chi connectivity index (χ0v) is 21.7. The molecule has 3 aromatic carbocycles. The molecule has 5 rings (SSSR count). The van der Waals surface area contributed by atoms with Crippen LogP contribution in [-0.4, -0.2) is 59.9 Å². The van der Waals surface area contributed by atoms with Crippen LogP contribution in [0, 0.1) is 0 Å². The van der Waals surface area contributed by atoms with Crippen molar-refractivity contribution in [2.45, 2.75) is 25.8 Å². The maximum absolute atomic E-state index is 13.1. The van der Waals surface area contributed by atoms with Gasteiger partial charge < -0.3 is 10.0 Å². The first-order chi connectivity index (χ1) is 18.5. The second kappa shape index (κ2) is 10.9. The summed E-state index contributed by atoms with van der Waals surface area (Å²) in [6.45, 7) is 2.02. The van der Waals surface area contributed by atoms with Crippen LogP contribution in [0.4, 0.5) is 5.69 Å². The van der Waals surface area contributed by atoms with Crippen LogP contribution in [0.3, 0.4) is 0 Å². The Bertz CT molecular complexity index is 1530. The first-order valence-electron chi connectivity index (χ1n) is 12.1. The number of tetrazole rings is 1. The summed E-state index contributed by atoms with van der Waals surface area (Å²) in [5.74, 6) is -0.798. The highest BCUT2D eigenvalue weighted by atomic mass is 32.2. The van der Waals surface area contributed by atoms with Gasteiger partial charge in [-0.25, -0.2) is 9.89 Å². The third-order valence-corrected chi connectivity index (χ3v) is 8.42. The number of benzene rings is 3. The summed E-state index contributed by atoms with van der Waals surface area (Å²) >= 11 is 0. The molecule has 0 fully saturated rings.